The lowest BCUT2D eigenvalue weighted by Crippen LogP contribution is -2.14. The van der Waals surface area contributed by atoms with Crippen molar-refractivity contribution in [2.24, 2.45) is 0 Å². The zero-order valence-electron chi connectivity index (χ0n) is 15.7. The van der Waals surface area contributed by atoms with E-state index in [4.69, 9.17) is 4.74 Å². The van der Waals surface area contributed by atoms with Crippen LogP contribution in [0.2, 0.25) is 0 Å². The number of Topliss-reactive ketones (excluding diaryl/α,β-unsaturated/α-hetero) is 1. The van der Waals surface area contributed by atoms with Gasteiger partial charge >= 0.3 is 0 Å². The maximum atomic E-state index is 12.2. The van der Waals surface area contributed by atoms with E-state index in [1.165, 1.54) is 24.2 Å². The van der Waals surface area contributed by atoms with Gasteiger partial charge in [-0.15, -0.1) is 11.8 Å². The number of thioether (sulfide) groups is 1. The average molecular weight is 372 g/mol. The molecule has 0 radical (unpaired) electrons. The maximum Gasteiger partial charge on any atom is 0.234 e. The monoisotopic (exact) mass is 371 g/mol. The maximum absolute atomic E-state index is 12.2. The van der Waals surface area contributed by atoms with Crippen molar-refractivity contribution in [2.75, 3.05) is 18.2 Å². The number of hydrogen-bond acceptors (Lipinski definition) is 4. The highest BCUT2D eigenvalue weighted by molar-refractivity contribution is 7.99. The van der Waals surface area contributed by atoms with Crippen LogP contribution in [0.3, 0.4) is 0 Å². The number of rotatable bonds is 8. The molecular formula is C21H25NO3S. The fourth-order valence-corrected chi connectivity index (χ4v) is 3.34. The minimum Gasteiger partial charge on any atom is -0.496 e. The number of anilines is 1. The van der Waals surface area contributed by atoms with E-state index in [0.717, 1.165) is 17.0 Å². The molecule has 5 heteroatoms. The summed E-state index contributed by atoms with van der Waals surface area (Å²) in [5, 5.41) is 2.94. The Bertz CT molecular complexity index is 787. The van der Waals surface area contributed by atoms with E-state index in [1.807, 2.05) is 24.3 Å². The van der Waals surface area contributed by atoms with E-state index in [-0.39, 0.29) is 11.7 Å². The van der Waals surface area contributed by atoms with Crippen LogP contribution in [-0.2, 0) is 10.5 Å². The molecule has 2 rings (SSSR count). The SMILES string of the molecule is COc1ccc(C(C)=O)cc1CSCC(=O)Nc1cccc(C(C)C)c1. The van der Waals surface area contributed by atoms with Gasteiger partial charge in [0.2, 0.25) is 5.91 Å². The molecule has 2 aromatic carbocycles. The highest BCUT2D eigenvalue weighted by atomic mass is 32.2. The van der Waals surface area contributed by atoms with E-state index in [9.17, 15) is 9.59 Å². The third-order valence-electron chi connectivity index (χ3n) is 4.01. The van der Waals surface area contributed by atoms with Gasteiger partial charge < -0.3 is 10.1 Å². The Morgan fingerprint density at radius 1 is 1.15 bits per heavy atom. The van der Waals surface area contributed by atoms with Crippen LogP contribution in [0.4, 0.5) is 5.69 Å². The summed E-state index contributed by atoms with van der Waals surface area (Å²) < 4.78 is 5.34. The summed E-state index contributed by atoms with van der Waals surface area (Å²) in [6.07, 6.45) is 0. The molecule has 0 spiro atoms. The number of carbonyl (C=O) groups is 2. The van der Waals surface area contributed by atoms with Crippen LogP contribution < -0.4 is 10.1 Å². The summed E-state index contributed by atoms with van der Waals surface area (Å²) in [5.41, 5.74) is 3.58. The van der Waals surface area contributed by atoms with Crippen molar-refractivity contribution in [1.29, 1.82) is 0 Å². The molecule has 4 nitrogen and oxygen atoms in total. The van der Waals surface area contributed by atoms with E-state index in [2.05, 4.69) is 25.2 Å². The molecule has 0 aliphatic rings. The van der Waals surface area contributed by atoms with Crippen LogP contribution in [0.5, 0.6) is 5.75 Å². The molecule has 1 N–H and O–H groups in total. The number of benzene rings is 2. The van der Waals surface area contributed by atoms with E-state index in [1.54, 1.807) is 19.2 Å². The van der Waals surface area contributed by atoms with Gasteiger partial charge in [-0.25, -0.2) is 0 Å². The molecule has 0 fully saturated rings. The standard InChI is InChI=1S/C21H25NO3S/c1-14(2)16-6-5-7-19(11-16)22-21(24)13-26-12-18-10-17(15(3)23)8-9-20(18)25-4/h5-11,14H,12-13H2,1-4H3,(H,22,24). The summed E-state index contributed by atoms with van der Waals surface area (Å²) in [4.78, 5) is 23.7. The Morgan fingerprint density at radius 3 is 2.58 bits per heavy atom. The van der Waals surface area contributed by atoms with Crippen molar-refractivity contribution in [3.05, 3.63) is 59.2 Å². The van der Waals surface area contributed by atoms with Gasteiger partial charge in [0.15, 0.2) is 5.78 Å². The summed E-state index contributed by atoms with van der Waals surface area (Å²) in [6.45, 7) is 5.79. The van der Waals surface area contributed by atoms with Gasteiger partial charge in [0.25, 0.3) is 0 Å². The molecule has 138 valence electrons. The summed E-state index contributed by atoms with van der Waals surface area (Å²) in [7, 11) is 1.60. The molecule has 1 amide bonds. The predicted molar refractivity (Wildman–Crippen MR) is 108 cm³/mol. The molecule has 0 saturated carbocycles. The molecule has 2 aromatic rings. The molecule has 0 aromatic heterocycles. The molecule has 0 heterocycles. The predicted octanol–water partition coefficient (Wildman–Crippen LogP) is 4.89. The van der Waals surface area contributed by atoms with Crippen LogP contribution in [0.15, 0.2) is 42.5 Å². The average Bonchev–Trinajstić information content (AvgIpc) is 2.61. The highest BCUT2D eigenvalue weighted by Gasteiger charge is 2.09. The molecular weight excluding hydrogens is 346 g/mol. The van der Waals surface area contributed by atoms with E-state index < -0.39 is 0 Å². The molecule has 0 bridgehead atoms. The number of carbonyl (C=O) groups excluding carboxylic acids is 2. The van der Waals surface area contributed by atoms with Crippen LogP contribution in [0, 0.1) is 0 Å². The van der Waals surface area contributed by atoms with E-state index >= 15 is 0 Å². The van der Waals surface area contributed by atoms with Gasteiger partial charge in [0.05, 0.1) is 12.9 Å². The van der Waals surface area contributed by atoms with Gasteiger partial charge in [0.1, 0.15) is 5.75 Å². The van der Waals surface area contributed by atoms with E-state index in [0.29, 0.717) is 23.0 Å². The van der Waals surface area contributed by atoms with Crippen molar-refractivity contribution < 1.29 is 14.3 Å². The Morgan fingerprint density at radius 2 is 1.92 bits per heavy atom. The molecule has 0 aliphatic heterocycles. The van der Waals surface area contributed by atoms with Crippen molar-refractivity contribution >= 4 is 29.1 Å². The fourth-order valence-electron chi connectivity index (χ4n) is 2.54. The fraction of sp³-hybridized carbons (Fsp3) is 0.333. The first-order valence-corrected chi connectivity index (χ1v) is 9.71. The second-order valence-electron chi connectivity index (χ2n) is 6.40. The second kappa shape index (κ2) is 9.43. The first-order chi connectivity index (χ1) is 12.4. The highest BCUT2D eigenvalue weighted by Crippen LogP contribution is 2.25. The number of hydrogen-bond donors (Lipinski definition) is 1. The molecule has 0 saturated heterocycles. The first-order valence-electron chi connectivity index (χ1n) is 8.56. The van der Waals surface area contributed by atoms with Crippen LogP contribution in [-0.4, -0.2) is 24.6 Å². The topological polar surface area (TPSA) is 55.4 Å². The minimum atomic E-state index is -0.0439. The lowest BCUT2D eigenvalue weighted by molar-refractivity contribution is -0.113. The largest absolute Gasteiger partial charge is 0.496 e. The second-order valence-corrected chi connectivity index (χ2v) is 7.39. The van der Waals surface area contributed by atoms with Gasteiger partial charge in [-0.3, -0.25) is 9.59 Å². The quantitative estimate of drug-likeness (QED) is 0.671. The third-order valence-corrected chi connectivity index (χ3v) is 5.00. The molecule has 0 unspecified atom stereocenters. The molecule has 0 aliphatic carbocycles. The van der Waals surface area contributed by atoms with Crippen molar-refractivity contribution in [3.8, 4) is 5.75 Å². The van der Waals surface area contributed by atoms with Crippen molar-refractivity contribution in [3.63, 3.8) is 0 Å². The molecule has 0 atom stereocenters. The minimum absolute atomic E-state index is 0.0154. The lowest BCUT2D eigenvalue weighted by Gasteiger charge is -2.11. The van der Waals surface area contributed by atoms with Gasteiger partial charge in [0, 0.05) is 22.6 Å². The number of methoxy groups -OCH3 is 1. The summed E-state index contributed by atoms with van der Waals surface area (Å²) in [5.74, 6) is 2.05. The van der Waals surface area contributed by atoms with Crippen LogP contribution >= 0.6 is 11.8 Å². The summed E-state index contributed by atoms with van der Waals surface area (Å²) >= 11 is 1.49. The summed E-state index contributed by atoms with van der Waals surface area (Å²) in [6, 6.07) is 13.3. The number of amides is 1. The van der Waals surface area contributed by atoms with Crippen LogP contribution in [0.25, 0.3) is 0 Å². The zero-order valence-corrected chi connectivity index (χ0v) is 16.5. The smallest absolute Gasteiger partial charge is 0.234 e. The van der Waals surface area contributed by atoms with Gasteiger partial charge in [-0.2, -0.15) is 0 Å². The van der Waals surface area contributed by atoms with Gasteiger partial charge in [-0.1, -0.05) is 26.0 Å². The molecule has 26 heavy (non-hydrogen) atoms. The Kier molecular flexibility index (Phi) is 7.27. The Hall–Kier alpha value is -2.27. The van der Waals surface area contributed by atoms with Crippen molar-refractivity contribution in [2.45, 2.75) is 32.4 Å². The van der Waals surface area contributed by atoms with Crippen molar-refractivity contribution in [1.82, 2.24) is 0 Å². The Labute approximate surface area is 159 Å². The lowest BCUT2D eigenvalue weighted by atomic mass is 10.0. The Balaban J connectivity index is 1.93. The number of ether oxygens (including phenoxy) is 1. The number of ketones is 1. The first kappa shape index (κ1) is 20.0. The zero-order chi connectivity index (χ0) is 19.1. The van der Waals surface area contributed by atoms with Crippen LogP contribution in [0.1, 0.15) is 48.2 Å². The normalized spacial score (nSPS) is 10.7. The number of nitrogens with one attached hydrogen (secondary N) is 1. The van der Waals surface area contributed by atoms with Gasteiger partial charge in [-0.05, 0) is 48.7 Å². The third kappa shape index (κ3) is 5.63.